The molecule has 0 aliphatic carbocycles. The second kappa shape index (κ2) is 6.02. The van der Waals surface area contributed by atoms with Crippen LogP contribution < -0.4 is 5.32 Å². The zero-order valence-corrected chi connectivity index (χ0v) is 12.1. The van der Waals surface area contributed by atoms with Crippen LogP contribution >= 0.6 is 0 Å². The molecule has 0 aliphatic heterocycles. The molecule has 1 heterocycles. The number of fused-ring (bicyclic) bond motifs is 1. The molecule has 0 amide bonds. The van der Waals surface area contributed by atoms with Crippen molar-refractivity contribution in [2.45, 2.75) is 33.9 Å². The monoisotopic (exact) mass is 257 g/mol. The zero-order valence-electron chi connectivity index (χ0n) is 12.1. The summed E-state index contributed by atoms with van der Waals surface area (Å²) in [4.78, 5) is 0. The molecule has 2 aromatic rings. The number of para-hydroxylation sites is 1. The summed E-state index contributed by atoms with van der Waals surface area (Å²) in [5.41, 5.74) is 3.43. The lowest BCUT2D eigenvalue weighted by Crippen LogP contribution is -2.19. The fourth-order valence-electron chi connectivity index (χ4n) is 2.18. The fraction of sp³-hybridized carbons (Fsp3) is 0.438. The number of nitrogens with zero attached hydrogens (tertiary/aromatic N) is 2. The van der Waals surface area contributed by atoms with Crippen molar-refractivity contribution >= 4 is 10.9 Å². The smallest absolute Gasteiger partial charge is 0.0841 e. The zero-order chi connectivity index (χ0) is 13.8. The highest BCUT2D eigenvalue weighted by molar-refractivity contribution is 5.82. The van der Waals surface area contributed by atoms with Crippen LogP contribution in [0.1, 0.15) is 26.5 Å². The lowest BCUT2D eigenvalue weighted by molar-refractivity contribution is 0.544. The molecule has 0 aliphatic rings. The van der Waals surface area contributed by atoms with Gasteiger partial charge in [-0.15, -0.1) is 0 Å². The molecule has 0 spiro atoms. The summed E-state index contributed by atoms with van der Waals surface area (Å²) < 4.78 is 2.05. The molecule has 0 fully saturated rings. The van der Waals surface area contributed by atoms with Crippen molar-refractivity contribution in [1.82, 2.24) is 15.1 Å². The van der Waals surface area contributed by atoms with E-state index in [9.17, 15) is 0 Å². The van der Waals surface area contributed by atoms with E-state index in [2.05, 4.69) is 50.0 Å². The Hall–Kier alpha value is -1.61. The van der Waals surface area contributed by atoms with Crippen molar-refractivity contribution in [3.8, 4) is 0 Å². The van der Waals surface area contributed by atoms with Crippen LogP contribution in [-0.2, 0) is 13.1 Å². The Balaban J connectivity index is 2.25. The predicted molar refractivity (Wildman–Crippen MR) is 81.1 cm³/mol. The Morgan fingerprint density at radius 2 is 2.11 bits per heavy atom. The number of hydrogen-bond acceptors (Lipinski definition) is 2. The largest absolute Gasteiger partial charge is 0.311 e. The van der Waals surface area contributed by atoms with Crippen LogP contribution in [0, 0.1) is 5.92 Å². The van der Waals surface area contributed by atoms with Crippen molar-refractivity contribution in [2.24, 2.45) is 5.92 Å². The van der Waals surface area contributed by atoms with Crippen LogP contribution in [0.2, 0.25) is 0 Å². The number of allylic oxidation sites excluding steroid dienone is 1. The summed E-state index contributed by atoms with van der Waals surface area (Å²) >= 11 is 0. The minimum atomic E-state index is 0.656. The summed E-state index contributed by atoms with van der Waals surface area (Å²) in [6, 6.07) is 8.40. The summed E-state index contributed by atoms with van der Waals surface area (Å²) in [5, 5.41) is 9.42. The van der Waals surface area contributed by atoms with Crippen LogP contribution in [0.3, 0.4) is 0 Å². The molecular formula is C16H23N3. The van der Waals surface area contributed by atoms with Crippen LogP contribution in [0.4, 0.5) is 0 Å². The number of aromatic nitrogens is 2. The molecular weight excluding hydrogens is 234 g/mol. The van der Waals surface area contributed by atoms with Crippen molar-refractivity contribution < 1.29 is 0 Å². The first-order valence-corrected chi connectivity index (χ1v) is 6.87. The molecule has 0 saturated carbocycles. The van der Waals surface area contributed by atoms with Crippen molar-refractivity contribution in [1.29, 1.82) is 0 Å². The first kappa shape index (κ1) is 13.8. The molecule has 19 heavy (non-hydrogen) atoms. The first-order chi connectivity index (χ1) is 9.08. The average Bonchev–Trinajstić information content (AvgIpc) is 2.67. The van der Waals surface area contributed by atoms with Gasteiger partial charge in [0.05, 0.1) is 17.8 Å². The Labute approximate surface area is 115 Å². The first-order valence-electron chi connectivity index (χ1n) is 6.87. The molecule has 1 N–H and O–H groups in total. The lowest BCUT2D eigenvalue weighted by atomic mass is 10.2. The topological polar surface area (TPSA) is 29.9 Å². The Kier molecular flexibility index (Phi) is 4.38. The third-order valence-corrected chi connectivity index (χ3v) is 3.00. The second-order valence-electron chi connectivity index (χ2n) is 5.60. The van der Waals surface area contributed by atoms with Gasteiger partial charge in [0.2, 0.25) is 0 Å². The van der Waals surface area contributed by atoms with Gasteiger partial charge in [-0.1, -0.05) is 44.2 Å². The molecule has 0 unspecified atom stereocenters. The van der Waals surface area contributed by atoms with E-state index in [4.69, 9.17) is 5.10 Å². The summed E-state index contributed by atoms with van der Waals surface area (Å²) in [5.74, 6) is 0.656. The predicted octanol–water partition coefficient (Wildman–Crippen LogP) is 3.36. The minimum Gasteiger partial charge on any atom is -0.311 e. The van der Waals surface area contributed by atoms with Crippen molar-refractivity contribution in [2.75, 3.05) is 6.54 Å². The third-order valence-electron chi connectivity index (χ3n) is 3.00. The number of rotatable bonds is 6. The van der Waals surface area contributed by atoms with Gasteiger partial charge in [0.15, 0.2) is 0 Å². The van der Waals surface area contributed by atoms with Crippen LogP contribution in [-0.4, -0.2) is 16.3 Å². The SMILES string of the molecule is C=C(C)Cn1nc(CNCC(C)C)c2ccccc21. The normalized spacial score (nSPS) is 11.4. The lowest BCUT2D eigenvalue weighted by Gasteiger charge is -2.05. The van der Waals surface area contributed by atoms with Crippen molar-refractivity contribution in [3.05, 3.63) is 42.1 Å². The van der Waals surface area contributed by atoms with Crippen molar-refractivity contribution in [3.63, 3.8) is 0 Å². The molecule has 0 saturated heterocycles. The Bertz CT molecular complexity index is 566. The molecule has 0 atom stereocenters. The number of nitrogens with one attached hydrogen (secondary N) is 1. The van der Waals surface area contributed by atoms with E-state index < -0.39 is 0 Å². The van der Waals surface area contributed by atoms with E-state index >= 15 is 0 Å². The molecule has 3 heteroatoms. The van der Waals surface area contributed by atoms with Crippen LogP contribution in [0.25, 0.3) is 10.9 Å². The molecule has 0 bridgehead atoms. The Morgan fingerprint density at radius 3 is 2.79 bits per heavy atom. The Morgan fingerprint density at radius 1 is 1.37 bits per heavy atom. The molecule has 0 radical (unpaired) electrons. The van der Waals surface area contributed by atoms with E-state index in [1.807, 2.05) is 11.6 Å². The van der Waals surface area contributed by atoms with Gasteiger partial charge >= 0.3 is 0 Å². The van der Waals surface area contributed by atoms with E-state index in [0.717, 1.165) is 30.9 Å². The third kappa shape index (κ3) is 3.44. The maximum absolute atomic E-state index is 4.72. The number of benzene rings is 1. The molecule has 102 valence electrons. The average molecular weight is 257 g/mol. The minimum absolute atomic E-state index is 0.656. The van der Waals surface area contributed by atoms with Gasteiger partial charge in [-0.3, -0.25) is 4.68 Å². The van der Waals surface area contributed by atoms with Gasteiger partial charge in [-0.05, 0) is 25.5 Å². The van der Waals surface area contributed by atoms with Gasteiger partial charge in [0.25, 0.3) is 0 Å². The summed E-state index contributed by atoms with van der Waals surface area (Å²) in [7, 11) is 0. The highest BCUT2D eigenvalue weighted by Crippen LogP contribution is 2.19. The van der Waals surface area contributed by atoms with Gasteiger partial charge < -0.3 is 5.32 Å². The molecule has 1 aromatic heterocycles. The fourth-order valence-corrected chi connectivity index (χ4v) is 2.18. The van der Waals surface area contributed by atoms with E-state index in [-0.39, 0.29) is 0 Å². The van der Waals surface area contributed by atoms with Gasteiger partial charge in [0, 0.05) is 11.9 Å². The van der Waals surface area contributed by atoms with E-state index in [0.29, 0.717) is 5.92 Å². The number of hydrogen-bond donors (Lipinski definition) is 1. The molecule has 2 rings (SSSR count). The quantitative estimate of drug-likeness (QED) is 0.804. The standard InChI is InChI=1S/C16H23N3/c1-12(2)9-17-10-15-14-7-5-6-8-16(14)19(18-15)11-13(3)4/h5-8,12,17H,3,9-11H2,1-2,4H3. The second-order valence-corrected chi connectivity index (χ2v) is 5.60. The van der Waals surface area contributed by atoms with E-state index in [1.54, 1.807) is 0 Å². The highest BCUT2D eigenvalue weighted by atomic mass is 15.3. The van der Waals surface area contributed by atoms with Gasteiger partial charge in [0.1, 0.15) is 0 Å². The maximum atomic E-state index is 4.72. The summed E-state index contributed by atoms with van der Waals surface area (Å²) in [6.45, 7) is 13.1. The van der Waals surface area contributed by atoms with Gasteiger partial charge in [-0.25, -0.2) is 0 Å². The molecule has 3 nitrogen and oxygen atoms in total. The van der Waals surface area contributed by atoms with Crippen LogP contribution in [0.15, 0.2) is 36.4 Å². The van der Waals surface area contributed by atoms with Gasteiger partial charge in [-0.2, -0.15) is 5.10 Å². The molecule has 1 aromatic carbocycles. The van der Waals surface area contributed by atoms with E-state index in [1.165, 1.54) is 10.9 Å². The van der Waals surface area contributed by atoms with Crippen LogP contribution in [0.5, 0.6) is 0 Å². The maximum Gasteiger partial charge on any atom is 0.0841 e. The summed E-state index contributed by atoms with van der Waals surface area (Å²) in [6.07, 6.45) is 0. The highest BCUT2D eigenvalue weighted by Gasteiger charge is 2.09.